The van der Waals surface area contributed by atoms with Gasteiger partial charge < -0.3 is 10.6 Å². The number of nitrogens with two attached hydrogens (primary N) is 1. The second-order valence-corrected chi connectivity index (χ2v) is 3.67. The number of alkyl halides is 3. The zero-order valence-corrected chi connectivity index (χ0v) is 8.88. The molecule has 92 valence electrons. The molecule has 0 amide bonds. The van der Waals surface area contributed by atoms with E-state index in [4.69, 9.17) is 5.73 Å². The number of hydrogen-bond acceptors (Lipinski definition) is 4. The molecule has 4 nitrogen and oxygen atoms in total. The van der Waals surface area contributed by atoms with Crippen LogP contribution >= 0.6 is 0 Å². The highest BCUT2D eigenvalue weighted by Gasteiger charge is 2.42. The zero-order chi connectivity index (χ0) is 12.6. The maximum absolute atomic E-state index is 12.3. The third-order valence-corrected chi connectivity index (χ3v) is 2.38. The number of aryl methyl sites for hydroxylation is 1. The first-order valence-electron chi connectivity index (χ1n) is 4.81. The minimum absolute atomic E-state index is 0.500. The first kappa shape index (κ1) is 11.7. The highest BCUT2D eigenvalue weighted by Crippen LogP contribution is 2.28. The molecule has 1 unspecified atom stereocenters. The molecule has 7 heteroatoms. The van der Waals surface area contributed by atoms with Crippen molar-refractivity contribution in [1.82, 2.24) is 5.48 Å². The molecule has 17 heavy (non-hydrogen) atoms. The Labute approximate surface area is 95.2 Å². The Kier molecular flexibility index (Phi) is 2.70. The Morgan fingerprint density at radius 1 is 1.41 bits per heavy atom. The van der Waals surface area contributed by atoms with Gasteiger partial charge in [-0.1, -0.05) is 12.1 Å². The van der Waals surface area contributed by atoms with Crippen molar-refractivity contribution in [2.75, 3.05) is 5.73 Å². The molecule has 0 aliphatic carbocycles. The number of rotatable bonds is 1. The third kappa shape index (κ3) is 2.33. The standard InChI is InChI=1S/C10H10F3N3O/c1-5-2-3-6(4-7(5)14)8-15-9(17-16-8)10(11,12)13/h2-4,8,16H,14H2,1H3. The van der Waals surface area contributed by atoms with Gasteiger partial charge in [0.1, 0.15) is 0 Å². The van der Waals surface area contributed by atoms with Gasteiger partial charge in [-0.15, -0.1) is 5.48 Å². The molecular weight excluding hydrogens is 235 g/mol. The average molecular weight is 245 g/mol. The van der Waals surface area contributed by atoms with Gasteiger partial charge in [-0.2, -0.15) is 13.2 Å². The van der Waals surface area contributed by atoms with Crippen LogP contribution in [0.15, 0.2) is 23.2 Å². The Balaban J connectivity index is 2.25. The minimum atomic E-state index is -4.59. The van der Waals surface area contributed by atoms with Crippen molar-refractivity contribution >= 4 is 11.6 Å². The maximum Gasteiger partial charge on any atom is 0.470 e. The van der Waals surface area contributed by atoms with Crippen molar-refractivity contribution in [1.29, 1.82) is 0 Å². The smallest absolute Gasteiger partial charge is 0.399 e. The molecule has 0 bridgehead atoms. The van der Waals surface area contributed by atoms with E-state index in [2.05, 4.69) is 15.3 Å². The van der Waals surface area contributed by atoms with Gasteiger partial charge in [-0.05, 0) is 24.1 Å². The van der Waals surface area contributed by atoms with Gasteiger partial charge in [-0.3, -0.25) is 0 Å². The summed E-state index contributed by atoms with van der Waals surface area (Å²) in [7, 11) is 0. The van der Waals surface area contributed by atoms with E-state index in [-0.39, 0.29) is 0 Å². The lowest BCUT2D eigenvalue weighted by atomic mass is 10.1. The molecular formula is C10H10F3N3O. The fourth-order valence-electron chi connectivity index (χ4n) is 1.38. The van der Waals surface area contributed by atoms with Crippen LogP contribution in [0.1, 0.15) is 17.3 Å². The molecule has 0 saturated carbocycles. The fourth-order valence-corrected chi connectivity index (χ4v) is 1.38. The van der Waals surface area contributed by atoms with Crippen LogP contribution in [0.2, 0.25) is 0 Å². The maximum atomic E-state index is 12.3. The summed E-state index contributed by atoms with van der Waals surface area (Å²) in [6.07, 6.45) is -5.47. The predicted octanol–water partition coefficient (Wildman–Crippen LogP) is 2.07. The Bertz CT molecular complexity index is 470. The third-order valence-electron chi connectivity index (χ3n) is 2.38. The van der Waals surface area contributed by atoms with Crippen molar-refractivity contribution in [3.63, 3.8) is 0 Å². The predicted molar refractivity (Wildman–Crippen MR) is 56.0 cm³/mol. The molecule has 1 aromatic carbocycles. The van der Waals surface area contributed by atoms with E-state index in [9.17, 15) is 13.2 Å². The van der Waals surface area contributed by atoms with Gasteiger partial charge in [0.15, 0.2) is 6.17 Å². The second kappa shape index (κ2) is 3.92. The largest absolute Gasteiger partial charge is 0.470 e. The summed E-state index contributed by atoms with van der Waals surface area (Å²) < 4.78 is 36.8. The second-order valence-electron chi connectivity index (χ2n) is 3.67. The number of benzene rings is 1. The minimum Gasteiger partial charge on any atom is -0.399 e. The van der Waals surface area contributed by atoms with E-state index < -0.39 is 18.2 Å². The summed E-state index contributed by atoms with van der Waals surface area (Å²) >= 11 is 0. The molecule has 1 atom stereocenters. The first-order chi connectivity index (χ1) is 7.88. The van der Waals surface area contributed by atoms with E-state index >= 15 is 0 Å². The van der Waals surface area contributed by atoms with Crippen LogP contribution in [0.5, 0.6) is 0 Å². The molecule has 1 aliphatic rings. The van der Waals surface area contributed by atoms with Crippen molar-refractivity contribution in [3.05, 3.63) is 29.3 Å². The summed E-state index contributed by atoms with van der Waals surface area (Å²) in [5, 5.41) is 0. The van der Waals surface area contributed by atoms with E-state index in [0.29, 0.717) is 11.3 Å². The number of nitrogens with one attached hydrogen (secondary N) is 1. The fraction of sp³-hybridized carbons (Fsp3) is 0.300. The molecule has 2 rings (SSSR count). The molecule has 1 heterocycles. The molecule has 3 N–H and O–H groups in total. The highest BCUT2D eigenvalue weighted by molar-refractivity contribution is 5.82. The van der Waals surface area contributed by atoms with Crippen LogP contribution < -0.4 is 11.2 Å². The molecule has 1 aliphatic heterocycles. The molecule has 0 radical (unpaired) electrons. The van der Waals surface area contributed by atoms with Gasteiger partial charge in [0.05, 0.1) is 0 Å². The summed E-state index contributed by atoms with van der Waals surface area (Å²) in [4.78, 5) is 7.69. The molecule has 0 saturated heterocycles. The SMILES string of the molecule is Cc1ccc(C2N=C(C(F)(F)F)ON2)cc1N. The first-order valence-corrected chi connectivity index (χ1v) is 4.81. The summed E-state index contributed by atoms with van der Waals surface area (Å²) in [6.45, 7) is 1.81. The van der Waals surface area contributed by atoms with Gasteiger partial charge >= 0.3 is 12.1 Å². The number of hydroxylamine groups is 1. The van der Waals surface area contributed by atoms with Crippen molar-refractivity contribution in [2.24, 2.45) is 4.99 Å². The van der Waals surface area contributed by atoms with Gasteiger partial charge in [-0.25, -0.2) is 4.99 Å². The Morgan fingerprint density at radius 2 is 2.12 bits per heavy atom. The van der Waals surface area contributed by atoms with Crippen LogP contribution in [-0.2, 0) is 4.84 Å². The van der Waals surface area contributed by atoms with Crippen molar-refractivity contribution in [2.45, 2.75) is 19.3 Å². The molecule has 1 aromatic rings. The highest BCUT2D eigenvalue weighted by atomic mass is 19.4. The topological polar surface area (TPSA) is 59.6 Å². The van der Waals surface area contributed by atoms with Gasteiger partial charge in [0.25, 0.3) is 0 Å². The van der Waals surface area contributed by atoms with E-state index in [1.165, 1.54) is 0 Å². The van der Waals surface area contributed by atoms with Crippen LogP contribution in [0, 0.1) is 6.92 Å². The Morgan fingerprint density at radius 3 is 2.65 bits per heavy atom. The normalized spacial score (nSPS) is 20.0. The van der Waals surface area contributed by atoms with Crippen molar-refractivity contribution < 1.29 is 18.0 Å². The van der Waals surface area contributed by atoms with E-state index in [1.807, 2.05) is 6.92 Å². The van der Waals surface area contributed by atoms with E-state index in [0.717, 1.165) is 5.56 Å². The summed E-state index contributed by atoms with van der Waals surface area (Å²) in [5.41, 5.74) is 9.74. The summed E-state index contributed by atoms with van der Waals surface area (Å²) in [6, 6.07) is 4.93. The number of nitrogens with zero attached hydrogens (tertiary/aromatic N) is 1. The van der Waals surface area contributed by atoms with Crippen LogP contribution in [0.25, 0.3) is 0 Å². The van der Waals surface area contributed by atoms with Gasteiger partial charge in [0, 0.05) is 5.69 Å². The summed E-state index contributed by atoms with van der Waals surface area (Å²) in [5.74, 6) is -1.28. The van der Waals surface area contributed by atoms with E-state index in [1.54, 1.807) is 18.2 Å². The number of hydrogen-bond donors (Lipinski definition) is 2. The molecule has 0 spiro atoms. The van der Waals surface area contributed by atoms with Gasteiger partial charge in [0.2, 0.25) is 0 Å². The monoisotopic (exact) mass is 245 g/mol. The number of nitrogen functional groups attached to an aromatic ring is 1. The zero-order valence-electron chi connectivity index (χ0n) is 8.88. The number of halogens is 3. The lowest BCUT2D eigenvalue weighted by Gasteiger charge is -2.08. The van der Waals surface area contributed by atoms with Crippen LogP contribution in [0.4, 0.5) is 18.9 Å². The molecule has 0 fully saturated rings. The van der Waals surface area contributed by atoms with Crippen LogP contribution in [0.3, 0.4) is 0 Å². The lowest BCUT2D eigenvalue weighted by Crippen LogP contribution is -2.25. The van der Waals surface area contributed by atoms with Crippen molar-refractivity contribution in [3.8, 4) is 0 Å². The quantitative estimate of drug-likeness (QED) is 0.744. The number of aliphatic imine (C=N–C) groups is 1. The lowest BCUT2D eigenvalue weighted by molar-refractivity contribution is -0.0807. The number of anilines is 1. The average Bonchev–Trinajstić information content (AvgIpc) is 2.70. The molecule has 0 aromatic heterocycles. The van der Waals surface area contributed by atoms with Crippen LogP contribution in [-0.4, -0.2) is 12.1 Å². The Hall–Kier alpha value is -1.76.